The van der Waals surface area contributed by atoms with Crippen LogP contribution in [0.5, 0.6) is 5.75 Å². The van der Waals surface area contributed by atoms with Gasteiger partial charge in [-0.25, -0.2) is 4.79 Å². The molecule has 0 atom stereocenters. The smallest absolute Gasteiger partial charge is 0.348 e. The Morgan fingerprint density at radius 1 is 1.05 bits per heavy atom. The maximum atomic E-state index is 11.6. The minimum Gasteiger partial charge on any atom is -0.478 e. The maximum absolute atomic E-state index is 11.6. The molecule has 1 aromatic rings. The summed E-state index contributed by atoms with van der Waals surface area (Å²) in [7, 11) is 0. The van der Waals surface area contributed by atoms with Crippen molar-refractivity contribution in [1.29, 1.82) is 0 Å². The van der Waals surface area contributed by atoms with Gasteiger partial charge < -0.3 is 9.84 Å². The minimum atomic E-state index is -1.02. The highest BCUT2D eigenvalue weighted by Gasteiger charge is 2.42. The van der Waals surface area contributed by atoms with Crippen molar-refractivity contribution in [2.75, 3.05) is 0 Å². The molecule has 3 nitrogen and oxygen atoms in total. The molecular formula is C16H22O3. The zero-order chi connectivity index (χ0) is 14.0. The van der Waals surface area contributed by atoms with Crippen molar-refractivity contribution in [3.05, 3.63) is 28.8 Å². The van der Waals surface area contributed by atoms with Crippen LogP contribution in [0.25, 0.3) is 0 Å². The van der Waals surface area contributed by atoms with Gasteiger partial charge in [0.1, 0.15) is 5.75 Å². The van der Waals surface area contributed by atoms with E-state index in [0.29, 0.717) is 18.6 Å². The Labute approximate surface area is 114 Å². The summed E-state index contributed by atoms with van der Waals surface area (Å²) in [6.07, 6.45) is 4.17. The molecule has 1 fully saturated rings. The summed E-state index contributed by atoms with van der Waals surface area (Å²) in [5.74, 6) is -0.114. The Morgan fingerprint density at radius 2 is 1.63 bits per heavy atom. The summed E-state index contributed by atoms with van der Waals surface area (Å²) in [5.41, 5.74) is 2.33. The topological polar surface area (TPSA) is 46.5 Å². The molecule has 2 rings (SSSR count). The van der Waals surface area contributed by atoms with E-state index in [4.69, 9.17) is 4.74 Å². The molecule has 0 bridgehead atoms. The average Bonchev–Trinajstić information content (AvgIpc) is 2.37. The fourth-order valence-corrected chi connectivity index (χ4v) is 2.74. The summed E-state index contributed by atoms with van der Waals surface area (Å²) in [6.45, 7) is 6.05. The second-order valence-electron chi connectivity index (χ2n) is 5.66. The highest BCUT2D eigenvalue weighted by Crippen LogP contribution is 2.35. The molecule has 104 valence electrons. The fourth-order valence-electron chi connectivity index (χ4n) is 2.74. The SMILES string of the molecule is Cc1cc(C)c(OC2(C(=O)O)CCCCC2)cc1C. The number of hydrogen-bond donors (Lipinski definition) is 1. The van der Waals surface area contributed by atoms with Crippen molar-refractivity contribution in [3.8, 4) is 5.75 Å². The van der Waals surface area contributed by atoms with Crippen LogP contribution >= 0.6 is 0 Å². The minimum absolute atomic E-state index is 0.606. The van der Waals surface area contributed by atoms with Gasteiger partial charge in [-0.05, 0) is 69.2 Å². The molecule has 0 aromatic heterocycles. The predicted molar refractivity (Wildman–Crippen MR) is 74.7 cm³/mol. The van der Waals surface area contributed by atoms with Crippen molar-refractivity contribution >= 4 is 5.97 Å². The van der Waals surface area contributed by atoms with Gasteiger partial charge in [0, 0.05) is 0 Å². The largest absolute Gasteiger partial charge is 0.478 e. The molecule has 0 unspecified atom stereocenters. The lowest BCUT2D eigenvalue weighted by atomic mass is 9.84. The molecule has 0 radical (unpaired) electrons. The first-order chi connectivity index (χ1) is 8.94. The molecule has 0 saturated heterocycles. The number of hydrogen-bond acceptors (Lipinski definition) is 2. The average molecular weight is 262 g/mol. The van der Waals surface area contributed by atoms with Crippen LogP contribution < -0.4 is 4.74 Å². The number of benzene rings is 1. The van der Waals surface area contributed by atoms with E-state index in [1.165, 1.54) is 5.56 Å². The molecule has 3 heteroatoms. The third kappa shape index (κ3) is 2.75. The number of ether oxygens (including phenoxy) is 1. The molecule has 1 aromatic carbocycles. The maximum Gasteiger partial charge on any atom is 0.348 e. The molecule has 0 aliphatic heterocycles. The Bertz CT molecular complexity index is 485. The van der Waals surface area contributed by atoms with Gasteiger partial charge in [-0.3, -0.25) is 0 Å². The van der Waals surface area contributed by atoms with Crippen LogP contribution in [-0.2, 0) is 4.79 Å². The highest BCUT2D eigenvalue weighted by atomic mass is 16.5. The van der Waals surface area contributed by atoms with Crippen molar-refractivity contribution in [2.24, 2.45) is 0 Å². The lowest BCUT2D eigenvalue weighted by molar-refractivity contribution is -0.158. The van der Waals surface area contributed by atoms with Crippen LogP contribution in [0.4, 0.5) is 0 Å². The van der Waals surface area contributed by atoms with Gasteiger partial charge in [-0.1, -0.05) is 12.5 Å². The summed E-state index contributed by atoms with van der Waals surface area (Å²) in [5, 5.41) is 9.54. The molecule has 0 amide bonds. The Hall–Kier alpha value is -1.51. The van der Waals surface area contributed by atoms with E-state index < -0.39 is 11.6 Å². The van der Waals surface area contributed by atoms with E-state index in [9.17, 15) is 9.90 Å². The molecule has 0 heterocycles. The monoisotopic (exact) mass is 262 g/mol. The lowest BCUT2D eigenvalue weighted by Crippen LogP contribution is -2.46. The summed E-state index contributed by atoms with van der Waals surface area (Å²) >= 11 is 0. The first kappa shape index (κ1) is 13.9. The summed E-state index contributed by atoms with van der Waals surface area (Å²) in [6, 6.07) is 4.02. The fraction of sp³-hybridized carbons (Fsp3) is 0.562. The van der Waals surface area contributed by atoms with Gasteiger partial charge in [0.2, 0.25) is 5.60 Å². The molecule has 19 heavy (non-hydrogen) atoms. The lowest BCUT2D eigenvalue weighted by Gasteiger charge is -2.34. The Morgan fingerprint density at radius 3 is 2.21 bits per heavy atom. The van der Waals surface area contributed by atoms with Crippen LogP contribution in [0.15, 0.2) is 12.1 Å². The van der Waals surface area contributed by atoms with Crippen molar-refractivity contribution in [1.82, 2.24) is 0 Å². The van der Waals surface area contributed by atoms with Gasteiger partial charge in [-0.15, -0.1) is 0 Å². The standard InChI is InChI=1S/C16H22O3/c1-11-9-13(3)14(10-12(11)2)19-16(15(17)18)7-5-4-6-8-16/h9-10H,4-8H2,1-3H3,(H,17,18). The third-order valence-corrected chi connectivity index (χ3v) is 4.15. The molecule has 0 spiro atoms. The van der Waals surface area contributed by atoms with E-state index in [-0.39, 0.29) is 0 Å². The van der Waals surface area contributed by atoms with Crippen molar-refractivity contribution in [3.63, 3.8) is 0 Å². The second kappa shape index (κ2) is 5.24. The van der Waals surface area contributed by atoms with Crippen LogP contribution in [0.2, 0.25) is 0 Å². The van der Waals surface area contributed by atoms with Crippen LogP contribution in [0, 0.1) is 20.8 Å². The molecule has 1 aliphatic carbocycles. The first-order valence-corrected chi connectivity index (χ1v) is 6.95. The number of carboxylic acids is 1. The first-order valence-electron chi connectivity index (χ1n) is 6.95. The van der Waals surface area contributed by atoms with Crippen LogP contribution in [0.1, 0.15) is 48.8 Å². The quantitative estimate of drug-likeness (QED) is 0.901. The van der Waals surface area contributed by atoms with Crippen molar-refractivity contribution < 1.29 is 14.6 Å². The molecule has 1 aliphatic rings. The third-order valence-electron chi connectivity index (χ3n) is 4.15. The number of aryl methyl sites for hydroxylation is 3. The zero-order valence-electron chi connectivity index (χ0n) is 12.0. The van der Waals surface area contributed by atoms with E-state index in [0.717, 1.165) is 30.4 Å². The summed E-state index contributed by atoms with van der Waals surface area (Å²) in [4.78, 5) is 11.6. The predicted octanol–water partition coefficient (Wildman–Crippen LogP) is 3.78. The zero-order valence-corrected chi connectivity index (χ0v) is 12.0. The van der Waals surface area contributed by atoms with Gasteiger partial charge in [0.15, 0.2) is 0 Å². The molecular weight excluding hydrogens is 240 g/mol. The van der Waals surface area contributed by atoms with Gasteiger partial charge >= 0.3 is 5.97 Å². The molecule has 1 N–H and O–H groups in total. The van der Waals surface area contributed by atoms with Crippen molar-refractivity contribution in [2.45, 2.75) is 58.5 Å². The number of carboxylic acid groups (broad SMARTS) is 1. The second-order valence-corrected chi connectivity index (χ2v) is 5.66. The highest BCUT2D eigenvalue weighted by molar-refractivity contribution is 5.78. The summed E-state index contributed by atoms with van der Waals surface area (Å²) < 4.78 is 5.97. The Balaban J connectivity index is 2.32. The van der Waals surface area contributed by atoms with E-state index >= 15 is 0 Å². The van der Waals surface area contributed by atoms with Gasteiger partial charge in [0.05, 0.1) is 0 Å². The van der Waals surface area contributed by atoms with Gasteiger partial charge in [-0.2, -0.15) is 0 Å². The molecule has 1 saturated carbocycles. The number of carbonyl (C=O) groups is 1. The van der Waals surface area contributed by atoms with Crippen LogP contribution in [-0.4, -0.2) is 16.7 Å². The number of rotatable bonds is 3. The van der Waals surface area contributed by atoms with Crippen LogP contribution in [0.3, 0.4) is 0 Å². The normalized spacial score (nSPS) is 18.1. The van der Waals surface area contributed by atoms with E-state index in [1.54, 1.807) is 0 Å². The number of aliphatic carboxylic acids is 1. The van der Waals surface area contributed by atoms with E-state index in [1.807, 2.05) is 19.9 Å². The van der Waals surface area contributed by atoms with E-state index in [2.05, 4.69) is 13.0 Å². The Kier molecular flexibility index (Phi) is 3.83. The van der Waals surface area contributed by atoms with Gasteiger partial charge in [0.25, 0.3) is 0 Å².